The molecule has 2 fully saturated rings. The van der Waals surface area contributed by atoms with E-state index in [2.05, 4.69) is 189 Å². The second kappa shape index (κ2) is 71.0. The summed E-state index contributed by atoms with van der Waals surface area (Å²) in [5.74, 6) is -0.301. The second-order valence-corrected chi connectivity index (χ2v) is 27.8. The highest BCUT2D eigenvalue weighted by molar-refractivity contribution is 5.76. The molecule has 14 nitrogen and oxygen atoms in total. The van der Waals surface area contributed by atoms with Crippen LogP contribution < -0.4 is 5.32 Å². The van der Waals surface area contributed by atoms with Gasteiger partial charge in [0.1, 0.15) is 48.8 Å². The summed E-state index contributed by atoms with van der Waals surface area (Å²) >= 11 is 0. The zero-order valence-electron chi connectivity index (χ0n) is 64.7. The fourth-order valence-corrected chi connectivity index (χ4v) is 12.1. The van der Waals surface area contributed by atoms with Gasteiger partial charge in [-0.15, -0.1) is 0 Å². The Kier molecular flexibility index (Phi) is 65.0. The topological polar surface area (TPSA) is 228 Å². The van der Waals surface area contributed by atoms with Crippen LogP contribution in [0.3, 0.4) is 0 Å². The van der Waals surface area contributed by atoms with Gasteiger partial charge in [0, 0.05) is 6.42 Å². The minimum atomic E-state index is -1.81. The number of unbranched alkanes of at least 4 members (excludes halogenated alkanes) is 25. The molecule has 2 heterocycles. The minimum absolute atomic E-state index is 0.202. The summed E-state index contributed by atoms with van der Waals surface area (Å²) in [6.45, 7) is 2.64. The maximum Gasteiger partial charge on any atom is 0.220 e. The lowest BCUT2D eigenvalue weighted by molar-refractivity contribution is -0.359. The van der Waals surface area contributed by atoms with Crippen LogP contribution in [-0.2, 0) is 23.7 Å². The molecule has 590 valence electrons. The lowest BCUT2D eigenvalue weighted by Gasteiger charge is -2.46. The molecule has 0 saturated carbocycles. The zero-order valence-corrected chi connectivity index (χ0v) is 64.7. The van der Waals surface area contributed by atoms with E-state index in [1.165, 1.54) is 135 Å². The first-order valence-corrected chi connectivity index (χ1v) is 41.0. The van der Waals surface area contributed by atoms with E-state index in [1.807, 2.05) is 6.08 Å². The number of carbonyl (C=O) groups excluding carboxylic acids is 1. The van der Waals surface area contributed by atoms with Gasteiger partial charge in [-0.25, -0.2) is 0 Å². The second-order valence-electron chi connectivity index (χ2n) is 27.8. The molecule has 9 N–H and O–H groups in total. The third-order valence-electron chi connectivity index (χ3n) is 18.6. The van der Waals surface area contributed by atoms with Crippen LogP contribution in [0.4, 0.5) is 0 Å². The van der Waals surface area contributed by atoms with E-state index in [1.54, 1.807) is 6.08 Å². The first-order chi connectivity index (χ1) is 51.1. The minimum Gasteiger partial charge on any atom is -0.394 e. The van der Waals surface area contributed by atoms with E-state index in [-0.39, 0.29) is 18.9 Å². The molecule has 2 aliphatic rings. The molecule has 2 rings (SSSR count). The monoisotopic (exact) mass is 1450 g/mol. The largest absolute Gasteiger partial charge is 0.394 e. The van der Waals surface area contributed by atoms with Crippen LogP contribution in [0.15, 0.2) is 182 Å². The van der Waals surface area contributed by atoms with E-state index < -0.39 is 86.8 Å². The van der Waals surface area contributed by atoms with Crippen molar-refractivity contribution < 1.29 is 64.6 Å². The molecule has 104 heavy (non-hydrogen) atoms. The predicted molar refractivity (Wildman–Crippen MR) is 433 cm³/mol. The highest BCUT2D eigenvalue weighted by Gasteiger charge is 2.51. The normalized spacial score (nSPS) is 22.5. The van der Waals surface area contributed by atoms with Crippen LogP contribution >= 0.6 is 0 Å². The van der Waals surface area contributed by atoms with Crippen molar-refractivity contribution in [1.82, 2.24) is 5.32 Å². The van der Waals surface area contributed by atoms with Gasteiger partial charge in [-0.3, -0.25) is 4.79 Å². The third-order valence-corrected chi connectivity index (χ3v) is 18.6. The van der Waals surface area contributed by atoms with Crippen molar-refractivity contribution in [3.8, 4) is 0 Å². The Morgan fingerprint density at radius 1 is 0.356 bits per heavy atom. The van der Waals surface area contributed by atoms with Crippen molar-refractivity contribution in [2.24, 2.45) is 0 Å². The fraction of sp³-hybridized carbons (Fsp3) is 0.656. The molecule has 2 aliphatic heterocycles. The van der Waals surface area contributed by atoms with E-state index >= 15 is 0 Å². The van der Waals surface area contributed by atoms with Crippen molar-refractivity contribution in [1.29, 1.82) is 0 Å². The van der Waals surface area contributed by atoms with E-state index in [0.717, 1.165) is 116 Å². The molecule has 12 atom stereocenters. The lowest BCUT2D eigenvalue weighted by Crippen LogP contribution is -2.65. The Balaban J connectivity index is 1.68. The van der Waals surface area contributed by atoms with Gasteiger partial charge in [0.05, 0.1) is 32.0 Å². The summed E-state index contributed by atoms with van der Waals surface area (Å²) in [6.07, 6.45) is 95.5. The molecule has 12 unspecified atom stereocenters. The number of nitrogens with one attached hydrogen (secondary N) is 1. The van der Waals surface area contributed by atoms with Crippen molar-refractivity contribution in [2.45, 2.75) is 357 Å². The highest BCUT2D eigenvalue weighted by Crippen LogP contribution is 2.30. The Morgan fingerprint density at radius 2 is 0.673 bits per heavy atom. The van der Waals surface area contributed by atoms with Gasteiger partial charge in [-0.2, -0.15) is 0 Å². The standard InChI is InChI=1S/C90H147NO13/c1-3-5-7-9-11-13-15-17-19-21-23-25-27-29-31-33-35-36-37-38-39-40-41-42-44-46-48-50-52-54-56-58-60-62-64-66-68-70-72-74-82(95)91-78(77-101-89-87(100)85(98)88(81(76-93)103-89)104-90-86(99)84(97)83(96)80(75-92)102-90)79(94)73-71-69-67-65-63-61-59-57-55-53-51-49-47-45-43-34-32-30-28-26-24-22-20-18-16-14-12-10-8-6-4-2/h5,7,11,13,17,19,23,25,29,31,35-36,38-39,41-42,46,48,52,54-55,57-58,60,63-66,71,73,78-81,83-90,92-94,96-100H,3-4,6,8-10,12,14-16,18,20-22,24,26-28,30,32-34,37,40,43-45,47,49-51,53,56,59,61-62,67-70,72,74-77H2,1-2H3,(H,91,95)/b7-5-,13-11-,19-17-,25-23-,31-29-,36-35-,39-38-,42-41-,48-46-,54-52-,57-55+,60-58-,65-63+,66-64-,73-71+. The number of amides is 1. The van der Waals surface area contributed by atoms with Crippen LogP contribution in [0.25, 0.3) is 0 Å². The molecule has 0 aliphatic carbocycles. The Bertz CT molecular complexity index is 2460. The number of hydrogen-bond donors (Lipinski definition) is 9. The van der Waals surface area contributed by atoms with E-state index in [0.29, 0.717) is 12.8 Å². The van der Waals surface area contributed by atoms with Crippen molar-refractivity contribution in [3.63, 3.8) is 0 Å². The number of rotatable bonds is 66. The molecule has 0 aromatic heterocycles. The molecular formula is C90H147NO13. The van der Waals surface area contributed by atoms with Gasteiger partial charge in [-0.1, -0.05) is 325 Å². The summed E-state index contributed by atoms with van der Waals surface area (Å²) in [5, 5.41) is 87.6. The van der Waals surface area contributed by atoms with Crippen molar-refractivity contribution in [2.75, 3.05) is 19.8 Å². The molecule has 0 aromatic rings. The summed E-state index contributed by atoms with van der Waals surface area (Å²) in [5.41, 5.74) is 0. The molecule has 0 aromatic carbocycles. The SMILES string of the molecule is CC/C=C\C/C=C\C/C=C\C/C=C\C/C=C\C/C=C\C/C=C\C/C=C\C/C=C\C/C=C\C/C=C\C/C=C\CCCCC(=O)NC(COC1OC(CO)C(OC2OC(CO)C(O)C(O)C2O)C(O)C1O)C(O)/C=C/CC/C=C/CC/C=C/CCCCCCCCCCCCCCCCCCCCCCC. The molecule has 2 saturated heterocycles. The Hall–Kier alpha value is -4.91. The van der Waals surface area contributed by atoms with Gasteiger partial charge in [0.25, 0.3) is 0 Å². The van der Waals surface area contributed by atoms with E-state index in [4.69, 9.17) is 18.9 Å². The summed E-state index contributed by atoms with van der Waals surface area (Å²) < 4.78 is 22.9. The van der Waals surface area contributed by atoms with Crippen LogP contribution in [-0.4, -0.2) is 140 Å². The van der Waals surface area contributed by atoms with Crippen LogP contribution in [0.1, 0.15) is 284 Å². The first kappa shape index (κ1) is 95.2. The average Bonchev–Trinajstić information content (AvgIpc) is 0.791. The first-order valence-electron chi connectivity index (χ1n) is 41.0. The number of aliphatic hydroxyl groups excluding tert-OH is 8. The van der Waals surface area contributed by atoms with Gasteiger partial charge >= 0.3 is 0 Å². The number of aliphatic hydroxyl groups is 8. The third kappa shape index (κ3) is 53.0. The lowest BCUT2D eigenvalue weighted by atomic mass is 9.97. The fourth-order valence-electron chi connectivity index (χ4n) is 12.1. The smallest absolute Gasteiger partial charge is 0.220 e. The van der Waals surface area contributed by atoms with Crippen molar-refractivity contribution in [3.05, 3.63) is 182 Å². The molecule has 1 amide bonds. The number of ether oxygens (including phenoxy) is 4. The number of carbonyl (C=O) groups is 1. The summed E-state index contributed by atoms with van der Waals surface area (Å²) in [6, 6.07) is -0.978. The van der Waals surface area contributed by atoms with Gasteiger partial charge in [-0.05, 0) is 135 Å². The molecular weight excluding hydrogens is 1300 g/mol. The van der Waals surface area contributed by atoms with Gasteiger partial charge in [0.2, 0.25) is 5.91 Å². The van der Waals surface area contributed by atoms with Crippen LogP contribution in [0.2, 0.25) is 0 Å². The van der Waals surface area contributed by atoms with Gasteiger partial charge in [0.15, 0.2) is 12.6 Å². The maximum absolute atomic E-state index is 13.4. The quantitative estimate of drug-likeness (QED) is 0.0204. The summed E-state index contributed by atoms with van der Waals surface area (Å²) in [4.78, 5) is 13.4. The molecule has 14 heteroatoms. The number of hydrogen-bond acceptors (Lipinski definition) is 13. The molecule has 0 spiro atoms. The predicted octanol–water partition coefficient (Wildman–Crippen LogP) is 19.2. The molecule has 0 bridgehead atoms. The highest BCUT2D eigenvalue weighted by atomic mass is 16.7. The number of allylic oxidation sites excluding steroid dienone is 29. The Labute approximate surface area is 631 Å². The van der Waals surface area contributed by atoms with Crippen LogP contribution in [0.5, 0.6) is 0 Å². The van der Waals surface area contributed by atoms with E-state index in [9.17, 15) is 45.6 Å². The summed E-state index contributed by atoms with van der Waals surface area (Å²) in [7, 11) is 0. The maximum atomic E-state index is 13.4. The van der Waals surface area contributed by atoms with Crippen LogP contribution in [0, 0.1) is 0 Å². The van der Waals surface area contributed by atoms with Crippen molar-refractivity contribution >= 4 is 5.91 Å². The molecule has 0 radical (unpaired) electrons. The zero-order chi connectivity index (χ0) is 75.1. The van der Waals surface area contributed by atoms with Gasteiger partial charge < -0.3 is 65.1 Å². The Morgan fingerprint density at radius 3 is 1.06 bits per heavy atom. The average molecular weight is 1450 g/mol.